The summed E-state index contributed by atoms with van der Waals surface area (Å²) in [6.45, 7) is 5.80. The predicted molar refractivity (Wildman–Crippen MR) is 69.8 cm³/mol. The zero-order chi connectivity index (χ0) is 12.5. The quantitative estimate of drug-likeness (QED) is 0.789. The summed E-state index contributed by atoms with van der Waals surface area (Å²) < 4.78 is 5.78. The molecule has 0 amide bonds. The maximum absolute atomic E-state index is 6.09. The zero-order valence-electron chi connectivity index (χ0n) is 10.6. The Bertz CT molecular complexity index is 436. The third kappa shape index (κ3) is 2.66. The van der Waals surface area contributed by atoms with Gasteiger partial charge in [0.15, 0.2) is 5.82 Å². The molecule has 1 saturated carbocycles. The van der Waals surface area contributed by atoms with Crippen LogP contribution in [0.2, 0.25) is 5.15 Å². The molecule has 0 spiro atoms. The molecule has 5 heteroatoms. The highest BCUT2D eigenvalue weighted by atomic mass is 35.5. The summed E-state index contributed by atoms with van der Waals surface area (Å²) in [6, 6.07) is 1.89. The molecule has 1 aromatic heterocycles. The summed E-state index contributed by atoms with van der Waals surface area (Å²) in [5.41, 5.74) is 1.09. The van der Waals surface area contributed by atoms with Gasteiger partial charge in [-0.2, -0.15) is 0 Å². The number of nitrogens with zero attached hydrogens (tertiary/aromatic N) is 3. The van der Waals surface area contributed by atoms with E-state index in [1.54, 1.807) is 0 Å². The molecular weight excluding hydrogens is 250 g/mol. The maximum Gasteiger partial charge on any atom is 0.160 e. The Morgan fingerprint density at radius 3 is 3.00 bits per heavy atom. The van der Waals surface area contributed by atoms with Gasteiger partial charge < -0.3 is 4.74 Å². The Kier molecular flexibility index (Phi) is 3.50. The van der Waals surface area contributed by atoms with Gasteiger partial charge in [0, 0.05) is 24.7 Å². The number of halogens is 1. The van der Waals surface area contributed by atoms with Crippen molar-refractivity contribution in [3.8, 4) is 0 Å². The van der Waals surface area contributed by atoms with E-state index < -0.39 is 0 Å². The average molecular weight is 268 g/mol. The highest BCUT2D eigenvalue weighted by Gasteiger charge is 2.29. The zero-order valence-corrected chi connectivity index (χ0v) is 11.4. The molecule has 1 aliphatic carbocycles. The minimum atomic E-state index is -0.0325. The highest BCUT2D eigenvalue weighted by Crippen LogP contribution is 2.40. The second kappa shape index (κ2) is 5.11. The van der Waals surface area contributed by atoms with Gasteiger partial charge in [0.2, 0.25) is 0 Å². The second-order valence-corrected chi connectivity index (χ2v) is 5.39. The summed E-state index contributed by atoms with van der Waals surface area (Å²) in [6.07, 6.45) is 2.41. The van der Waals surface area contributed by atoms with Gasteiger partial charge in [0.05, 0.1) is 6.61 Å². The van der Waals surface area contributed by atoms with E-state index in [9.17, 15) is 0 Å². The van der Waals surface area contributed by atoms with Crippen LogP contribution in [-0.4, -0.2) is 41.1 Å². The fourth-order valence-electron chi connectivity index (χ4n) is 2.33. The summed E-state index contributed by atoms with van der Waals surface area (Å²) in [7, 11) is 0. The standard InChI is InChI=1S/C13H18ClN3O/c1-2-17-5-6-18-11(8-17)13-15-10(9-3-4-9)7-12(14)16-13/h7,9,11H,2-6,8H2,1H3. The molecule has 1 atom stereocenters. The topological polar surface area (TPSA) is 38.2 Å². The van der Waals surface area contributed by atoms with Crippen molar-refractivity contribution in [1.82, 2.24) is 14.9 Å². The molecule has 2 aliphatic rings. The molecule has 0 aromatic carbocycles. The van der Waals surface area contributed by atoms with Gasteiger partial charge in [-0.25, -0.2) is 9.97 Å². The summed E-state index contributed by atoms with van der Waals surface area (Å²) in [4.78, 5) is 11.3. The van der Waals surface area contributed by atoms with E-state index in [4.69, 9.17) is 16.3 Å². The number of ether oxygens (including phenoxy) is 1. The Balaban J connectivity index is 1.81. The largest absolute Gasteiger partial charge is 0.368 e. The highest BCUT2D eigenvalue weighted by molar-refractivity contribution is 6.29. The van der Waals surface area contributed by atoms with Gasteiger partial charge in [-0.05, 0) is 25.5 Å². The van der Waals surface area contributed by atoms with Crippen molar-refractivity contribution in [1.29, 1.82) is 0 Å². The number of likely N-dealkylation sites (N-methyl/N-ethyl adjacent to an activating group) is 1. The van der Waals surface area contributed by atoms with Crippen molar-refractivity contribution < 1.29 is 4.74 Å². The Morgan fingerprint density at radius 2 is 2.28 bits per heavy atom. The molecule has 1 aromatic rings. The fourth-order valence-corrected chi connectivity index (χ4v) is 2.53. The molecule has 1 saturated heterocycles. The van der Waals surface area contributed by atoms with Gasteiger partial charge in [0.25, 0.3) is 0 Å². The van der Waals surface area contributed by atoms with Crippen molar-refractivity contribution in [3.05, 3.63) is 22.7 Å². The molecular formula is C13H18ClN3O. The first-order valence-corrected chi connectivity index (χ1v) is 7.02. The van der Waals surface area contributed by atoms with Crippen molar-refractivity contribution in [2.45, 2.75) is 31.8 Å². The lowest BCUT2D eigenvalue weighted by molar-refractivity contribution is -0.0326. The molecule has 0 bridgehead atoms. The van der Waals surface area contributed by atoms with Gasteiger partial charge in [0.1, 0.15) is 11.3 Å². The van der Waals surface area contributed by atoms with Crippen LogP contribution in [0.15, 0.2) is 6.07 Å². The summed E-state index contributed by atoms with van der Waals surface area (Å²) in [5, 5.41) is 0.541. The van der Waals surface area contributed by atoms with Crippen LogP contribution in [0.1, 0.15) is 43.3 Å². The van der Waals surface area contributed by atoms with Gasteiger partial charge in [-0.15, -0.1) is 0 Å². The third-order valence-corrected chi connectivity index (χ3v) is 3.81. The monoisotopic (exact) mass is 267 g/mol. The molecule has 0 N–H and O–H groups in total. The second-order valence-electron chi connectivity index (χ2n) is 5.00. The van der Waals surface area contributed by atoms with Crippen LogP contribution in [0.4, 0.5) is 0 Å². The van der Waals surface area contributed by atoms with Crippen LogP contribution in [0, 0.1) is 0 Å². The molecule has 18 heavy (non-hydrogen) atoms. The lowest BCUT2D eigenvalue weighted by atomic mass is 10.2. The molecule has 3 rings (SSSR count). The SMILES string of the molecule is CCN1CCOC(c2nc(Cl)cc(C3CC3)n2)C1. The van der Waals surface area contributed by atoms with Crippen molar-refractivity contribution in [3.63, 3.8) is 0 Å². The number of hydrogen-bond acceptors (Lipinski definition) is 4. The van der Waals surface area contributed by atoms with E-state index in [2.05, 4.69) is 21.8 Å². The smallest absolute Gasteiger partial charge is 0.160 e. The molecule has 4 nitrogen and oxygen atoms in total. The lowest BCUT2D eigenvalue weighted by Crippen LogP contribution is -2.38. The minimum absolute atomic E-state index is 0.0325. The molecule has 1 aliphatic heterocycles. The average Bonchev–Trinajstić information content (AvgIpc) is 3.22. The molecule has 2 heterocycles. The van der Waals surface area contributed by atoms with E-state index in [-0.39, 0.29) is 6.10 Å². The van der Waals surface area contributed by atoms with E-state index in [0.717, 1.165) is 37.8 Å². The van der Waals surface area contributed by atoms with Crippen molar-refractivity contribution in [2.24, 2.45) is 0 Å². The molecule has 98 valence electrons. The predicted octanol–water partition coefficient (Wildman–Crippen LogP) is 2.40. The first-order valence-electron chi connectivity index (χ1n) is 6.64. The van der Waals surface area contributed by atoms with Crippen LogP contribution in [-0.2, 0) is 4.74 Å². The van der Waals surface area contributed by atoms with Crippen LogP contribution in [0.25, 0.3) is 0 Å². The summed E-state index contributed by atoms with van der Waals surface area (Å²) >= 11 is 6.09. The Hall–Kier alpha value is -0.710. The van der Waals surface area contributed by atoms with Crippen LogP contribution >= 0.6 is 11.6 Å². The first-order chi connectivity index (χ1) is 8.76. The number of morpholine rings is 1. The van der Waals surface area contributed by atoms with E-state index >= 15 is 0 Å². The van der Waals surface area contributed by atoms with Crippen molar-refractivity contribution in [2.75, 3.05) is 26.2 Å². The number of aromatic nitrogens is 2. The minimum Gasteiger partial charge on any atom is -0.368 e. The lowest BCUT2D eigenvalue weighted by Gasteiger charge is -2.31. The third-order valence-electron chi connectivity index (χ3n) is 3.61. The van der Waals surface area contributed by atoms with Gasteiger partial charge in [-0.3, -0.25) is 4.90 Å². The van der Waals surface area contributed by atoms with E-state index in [1.165, 1.54) is 12.8 Å². The maximum atomic E-state index is 6.09. The normalized spacial score (nSPS) is 25.3. The van der Waals surface area contributed by atoms with E-state index in [0.29, 0.717) is 11.1 Å². The van der Waals surface area contributed by atoms with Crippen molar-refractivity contribution >= 4 is 11.6 Å². The summed E-state index contributed by atoms with van der Waals surface area (Å²) in [5.74, 6) is 1.35. The fraction of sp³-hybridized carbons (Fsp3) is 0.692. The number of rotatable bonds is 3. The molecule has 2 fully saturated rings. The Labute approximate surface area is 112 Å². The van der Waals surface area contributed by atoms with Crippen LogP contribution < -0.4 is 0 Å². The number of hydrogen-bond donors (Lipinski definition) is 0. The van der Waals surface area contributed by atoms with E-state index in [1.807, 2.05) is 6.07 Å². The van der Waals surface area contributed by atoms with Gasteiger partial charge >= 0.3 is 0 Å². The Morgan fingerprint density at radius 1 is 1.44 bits per heavy atom. The first kappa shape index (κ1) is 12.3. The molecule has 0 radical (unpaired) electrons. The van der Waals surface area contributed by atoms with Gasteiger partial charge in [-0.1, -0.05) is 18.5 Å². The van der Waals surface area contributed by atoms with Crippen LogP contribution in [0.5, 0.6) is 0 Å². The van der Waals surface area contributed by atoms with Crippen LogP contribution in [0.3, 0.4) is 0 Å². The molecule has 1 unspecified atom stereocenters.